The molecule has 2 N–H and O–H groups in total. The fourth-order valence-corrected chi connectivity index (χ4v) is 3.50. The maximum Gasteiger partial charge on any atom is 0.321 e. The fraction of sp³-hybridized carbons (Fsp3) is 0.364. The minimum Gasteiger partial charge on any atom is -0.395 e. The summed E-state index contributed by atoms with van der Waals surface area (Å²) in [5, 5.41) is 12.3. The number of para-hydroxylation sites is 1. The Morgan fingerprint density at radius 3 is 2.21 bits per heavy atom. The van der Waals surface area contributed by atoms with Crippen LogP contribution in [0.15, 0.2) is 60.7 Å². The summed E-state index contributed by atoms with van der Waals surface area (Å²) >= 11 is 0. The lowest BCUT2D eigenvalue weighted by molar-refractivity contribution is -0.138. The molecule has 1 saturated heterocycles. The Balaban J connectivity index is 1.53. The highest BCUT2D eigenvalue weighted by Gasteiger charge is 2.30. The third kappa shape index (κ3) is 5.33. The van der Waals surface area contributed by atoms with E-state index < -0.39 is 0 Å². The van der Waals surface area contributed by atoms with Crippen molar-refractivity contribution in [3.05, 3.63) is 66.2 Å². The maximum absolute atomic E-state index is 13.0. The van der Waals surface area contributed by atoms with Crippen molar-refractivity contribution in [1.29, 1.82) is 0 Å². The number of nitrogens with zero attached hydrogens (tertiary/aromatic N) is 2. The Bertz CT molecular complexity index is 759. The average Bonchev–Trinajstić information content (AvgIpc) is 2.74. The van der Waals surface area contributed by atoms with E-state index in [9.17, 15) is 14.7 Å². The molecule has 2 aromatic rings. The highest BCUT2D eigenvalue weighted by atomic mass is 16.3. The van der Waals surface area contributed by atoms with E-state index in [0.29, 0.717) is 39.0 Å². The van der Waals surface area contributed by atoms with Crippen LogP contribution in [-0.2, 0) is 11.3 Å². The zero-order valence-electron chi connectivity index (χ0n) is 16.0. The topological polar surface area (TPSA) is 72.9 Å². The first kappa shape index (κ1) is 19.9. The van der Waals surface area contributed by atoms with Crippen LogP contribution in [0.25, 0.3) is 0 Å². The molecule has 1 aliphatic heterocycles. The fourth-order valence-electron chi connectivity index (χ4n) is 3.50. The summed E-state index contributed by atoms with van der Waals surface area (Å²) in [5.41, 5.74) is 1.81. The van der Waals surface area contributed by atoms with Gasteiger partial charge in [-0.1, -0.05) is 48.5 Å². The number of amides is 3. The molecule has 1 fully saturated rings. The van der Waals surface area contributed by atoms with Gasteiger partial charge < -0.3 is 20.2 Å². The van der Waals surface area contributed by atoms with E-state index in [4.69, 9.17) is 0 Å². The molecule has 6 heteroatoms. The van der Waals surface area contributed by atoms with Crippen LogP contribution in [0, 0.1) is 5.92 Å². The van der Waals surface area contributed by atoms with Crippen LogP contribution in [0.3, 0.4) is 0 Å². The van der Waals surface area contributed by atoms with Gasteiger partial charge in [-0.15, -0.1) is 0 Å². The summed E-state index contributed by atoms with van der Waals surface area (Å²) in [7, 11) is 0. The summed E-state index contributed by atoms with van der Waals surface area (Å²) in [6.07, 6.45) is 1.27. The third-order valence-corrected chi connectivity index (χ3v) is 5.05. The van der Waals surface area contributed by atoms with Gasteiger partial charge in [-0.3, -0.25) is 4.79 Å². The zero-order valence-corrected chi connectivity index (χ0v) is 16.0. The molecule has 2 aromatic carbocycles. The monoisotopic (exact) mass is 381 g/mol. The Morgan fingerprint density at radius 1 is 1.00 bits per heavy atom. The standard InChI is InChI=1S/C22H27N3O3/c26-16-15-25(17-18-7-3-1-4-8-18)21(27)19-11-13-24(14-12-19)22(28)23-20-9-5-2-6-10-20/h1-10,19,26H,11-17H2,(H,23,28). The second-order valence-corrected chi connectivity index (χ2v) is 7.03. The molecule has 3 rings (SSSR count). The first-order valence-electron chi connectivity index (χ1n) is 9.72. The van der Waals surface area contributed by atoms with Gasteiger partial charge in [0.2, 0.25) is 5.91 Å². The number of benzene rings is 2. The van der Waals surface area contributed by atoms with Gasteiger partial charge in [-0.25, -0.2) is 4.79 Å². The molecule has 0 aliphatic carbocycles. The van der Waals surface area contributed by atoms with Crippen molar-refractivity contribution in [1.82, 2.24) is 9.80 Å². The van der Waals surface area contributed by atoms with Crippen molar-refractivity contribution in [3.8, 4) is 0 Å². The Labute approximate surface area is 165 Å². The second kappa shape index (κ2) is 9.90. The lowest BCUT2D eigenvalue weighted by Crippen LogP contribution is -2.46. The molecule has 1 heterocycles. The average molecular weight is 381 g/mol. The van der Waals surface area contributed by atoms with E-state index in [1.807, 2.05) is 60.7 Å². The van der Waals surface area contributed by atoms with E-state index in [1.165, 1.54) is 0 Å². The van der Waals surface area contributed by atoms with Crippen molar-refractivity contribution >= 4 is 17.6 Å². The normalized spacial score (nSPS) is 14.5. The molecular weight excluding hydrogens is 354 g/mol. The number of rotatable bonds is 6. The van der Waals surface area contributed by atoms with Gasteiger partial charge in [0.1, 0.15) is 0 Å². The van der Waals surface area contributed by atoms with Gasteiger partial charge in [0.15, 0.2) is 0 Å². The summed E-state index contributed by atoms with van der Waals surface area (Å²) in [4.78, 5) is 28.8. The van der Waals surface area contributed by atoms with Crippen LogP contribution in [0.4, 0.5) is 10.5 Å². The first-order chi connectivity index (χ1) is 13.7. The number of piperidine rings is 1. The van der Waals surface area contributed by atoms with Crippen molar-refractivity contribution in [2.24, 2.45) is 5.92 Å². The largest absolute Gasteiger partial charge is 0.395 e. The number of likely N-dealkylation sites (tertiary alicyclic amines) is 1. The van der Waals surface area contributed by atoms with Gasteiger partial charge >= 0.3 is 6.03 Å². The number of aliphatic hydroxyl groups is 1. The zero-order chi connectivity index (χ0) is 19.8. The minimum absolute atomic E-state index is 0.0565. The number of hydrogen-bond donors (Lipinski definition) is 2. The van der Waals surface area contributed by atoms with E-state index in [1.54, 1.807) is 9.80 Å². The van der Waals surface area contributed by atoms with Crippen molar-refractivity contribution in [2.75, 3.05) is 31.6 Å². The lowest BCUT2D eigenvalue weighted by atomic mass is 9.95. The maximum atomic E-state index is 13.0. The quantitative estimate of drug-likeness (QED) is 0.808. The second-order valence-electron chi connectivity index (χ2n) is 7.03. The molecule has 0 unspecified atom stereocenters. The predicted octanol–water partition coefficient (Wildman–Crippen LogP) is 2.95. The molecule has 0 atom stereocenters. The number of urea groups is 1. The van der Waals surface area contributed by atoms with E-state index in [-0.39, 0.29) is 24.5 Å². The highest BCUT2D eigenvalue weighted by molar-refractivity contribution is 5.89. The number of hydrogen-bond acceptors (Lipinski definition) is 3. The number of carbonyl (C=O) groups is 2. The van der Waals surface area contributed by atoms with Crippen LogP contribution >= 0.6 is 0 Å². The molecule has 0 saturated carbocycles. The smallest absolute Gasteiger partial charge is 0.321 e. The van der Waals surface area contributed by atoms with Gasteiger partial charge in [-0.2, -0.15) is 0 Å². The molecule has 0 aromatic heterocycles. The van der Waals surface area contributed by atoms with E-state index in [2.05, 4.69) is 5.32 Å². The molecular formula is C22H27N3O3. The molecule has 0 spiro atoms. The summed E-state index contributed by atoms with van der Waals surface area (Å²) in [5.74, 6) is -0.0583. The molecule has 6 nitrogen and oxygen atoms in total. The number of anilines is 1. The Morgan fingerprint density at radius 2 is 1.61 bits per heavy atom. The molecule has 1 aliphatic rings. The van der Waals surface area contributed by atoms with Crippen LogP contribution in [0.1, 0.15) is 18.4 Å². The molecule has 148 valence electrons. The van der Waals surface area contributed by atoms with E-state index in [0.717, 1.165) is 11.3 Å². The molecule has 28 heavy (non-hydrogen) atoms. The minimum atomic E-state index is -0.131. The number of nitrogens with one attached hydrogen (secondary N) is 1. The number of aliphatic hydroxyl groups excluding tert-OH is 1. The Hall–Kier alpha value is -2.86. The van der Waals surface area contributed by atoms with Crippen LogP contribution in [0.2, 0.25) is 0 Å². The third-order valence-electron chi connectivity index (χ3n) is 5.05. The van der Waals surface area contributed by atoms with Crippen LogP contribution in [0.5, 0.6) is 0 Å². The first-order valence-corrected chi connectivity index (χ1v) is 9.72. The predicted molar refractivity (Wildman–Crippen MR) is 109 cm³/mol. The van der Waals surface area contributed by atoms with Crippen LogP contribution < -0.4 is 5.32 Å². The molecule has 0 radical (unpaired) electrons. The van der Waals surface area contributed by atoms with Gasteiger partial charge in [-0.05, 0) is 30.5 Å². The summed E-state index contributed by atoms with van der Waals surface area (Å²) in [6.45, 7) is 1.86. The van der Waals surface area contributed by atoms with Crippen molar-refractivity contribution < 1.29 is 14.7 Å². The Kier molecular flexibility index (Phi) is 7.03. The number of carbonyl (C=O) groups excluding carboxylic acids is 2. The highest BCUT2D eigenvalue weighted by Crippen LogP contribution is 2.21. The molecule has 3 amide bonds. The lowest BCUT2D eigenvalue weighted by Gasteiger charge is -2.34. The van der Waals surface area contributed by atoms with Crippen LogP contribution in [-0.4, -0.2) is 53.1 Å². The van der Waals surface area contributed by atoms with Crippen molar-refractivity contribution in [2.45, 2.75) is 19.4 Å². The molecule has 0 bridgehead atoms. The van der Waals surface area contributed by atoms with Gasteiger partial charge in [0.05, 0.1) is 6.61 Å². The van der Waals surface area contributed by atoms with E-state index >= 15 is 0 Å². The SMILES string of the molecule is O=C(Nc1ccccc1)N1CCC(C(=O)N(CCO)Cc2ccccc2)CC1. The van der Waals surface area contributed by atoms with Crippen molar-refractivity contribution in [3.63, 3.8) is 0 Å². The summed E-state index contributed by atoms with van der Waals surface area (Å²) in [6, 6.07) is 19.0. The summed E-state index contributed by atoms with van der Waals surface area (Å²) < 4.78 is 0. The van der Waals surface area contributed by atoms with Gasteiger partial charge in [0, 0.05) is 37.8 Å². The van der Waals surface area contributed by atoms with Gasteiger partial charge in [0.25, 0.3) is 0 Å².